The van der Waals surface area contributed by atoms with E-state index in [0.717, 1.165) is 23.8 Å². The average molecular weight is 206 g/mol. The molecular weight excluding hydrogens is 188 g/mol. The van der Waals surface area contributed by atoms with Crippen LogP contribution in [0.25, 0.3) is 0 Å². The zero-order valence-electron chi connectivity index (χ0n) is 9.40. The van der Waals surface area contributed by atoms with Gasteiger partial charge in [0.25, 0.3) is 0 Å². The first-order chi connectivity index (χ1) is 7.22. The average Bonchev–Trinajstić information content (AvgIpc) is 3.02. The van der Waals surface area contributed by atoms with Gasteiger partial charge in [-0.3, -0.25) is 4.98 Å². The Labute approximate surface area is 90.5 Å². The largest absolute Gasteiger partial charge is 0.351 e. The molecule has 0 amide bonds. The van der Waals surface area contributed by atoms with E-state index in [1.165, 1.54) is 12.8 Å². The van der Waals surface area contributed by atoms with Crippen LogP contribution in [0.3, 0.4) is 0 Å². The predicted octanol–water partition coefficient (Wildman–Crippen LogP) is 1.02. The Bertz CT molecular complexity index is 346. The molecule has 0 aliphatic heterocycles. The van der Waals surface area contributed by atoms with Crippen LogP contribution in [0.4, 0.5) is 5.82 Å². The Morgan fingerprint density at radius 1 is 1.40 bits per heavy atom. The standard InChI is InChI=1S/C11H18N4/c1-8-9(2)14-11(7-13-8)15(6-5-12)10-3-4-10/h7,10H,3-6,12H2,1-2H3. The fraction of sp³-hybridized carbons (Fsp3) is 0.636. The van der Waals surface area contributed by atoms with E-state index in [0.29, 0.717) is 12.6 Å². The highest BCUT2D eigenvalue weighted by Gasteiger charge is 2.29. The first-order valence-corrected chi connectivity index (χ1v) is 5.49. The third-order valence-electron chi connectivity index (χ3n) is 2.83. The topological polar surface area (TPSA) is 55.0 Å². The minimum absolute atomic E-state index is 0.643. The molecule has 1 heterocycles. The molecule has 4 heteroatoms. The Morgan fingerprint density at radius 3 is 2.67 bits per heavy atom. The monoisotopic (exact) mass is 206 g/mol. The van der Waals surface area contributed by atoms with Gasteiger partial charge in [0.1, 0.15) is 5.82 Å². The number of hydrogen-bond acceptors (Lipinski definition) is 4. The highest BCUT2D eigenvalue weighted by Crippen LogP contribution is 2.30. The summed E-state index contributed by atoms with van der Waals surface area (Å²) in [7, 11) is 0. The highest BCUT2D eigenvalue weighted by molar-refractivity contribution is 5.40. The Balaban J connectivity index is 2.21. The molecule has 2 N–H and O–H groups in total. The molecule has 0 atom stereocenters. The third kappa shape index (κ3) is 2.26. The molecule has 82 valence electrons. The van der Waals surface area contributed by atoms with Crippen molar-refractivity contribution in [3.63, 3.8) is 0 Å². The predicted molar refractivity (Wildman–Crippen MR) is 60.9 cm³/mol. The molecule has 2 rings (SSSR count). The summed E-state index contributed by atoms with van der Waals surface area (Å²) in [6.07, 6.45) is 4.37. The molecule has 1 aliphatic rings. The Morgan fingerprint density at radius 2 is 2.13 bits per heavy atom. The molecule has 1 aromatic rings. The van der Waals surface area contributed by atoms with Gasteiger partial charge in [-0.15, -0.1) is 0 Å². The number of anilines is 1. The summed E-state index contributed by atoms with van der Waals surface area (Å²) in [5.74, 6) is 0.978. The molecule has 15 heavy (non-hydrogen) atoms. The van der Waals surface area contributed by atoms with Crippen LogP contribution in [-0.2, 0) is 0 Å². The van der Waals surface area contributed by atoms with Crippen molar-refractivity contribution >= 4 is 5.82 Å². The van der Waals surface area contributed by atoms with E-state index < -0.39 is 0 Å². The zero-order chi connectivity index (χ0) is 10.8. The molecule has 1 aliphatic carbocycles. The second-order valence-corrected chi connectivity index (χ2v) is 4.11. The second kappa shape index (κ2) is 4.14. The van der Waals surface area contributed by atoms with Crippen molar-refractivity contribution in [2.24, 2.45) is 5.73 Å². The lowest BCUT2D eigenvalue weighted by Crippen LogP contribution is -2.32. The van der Waals surface area contributed by atoms with Gasteiger partial charge < -0.3 is 10.6 Å². The van der Waals surface area contributed by atoms with Gasteiger partial charge in [0.15, 0.2) is 0 Å². The summed E-state index contributed by atoms with van der Waals surface area (Å²) in [6.45, 7) is 5.53. The molecule has 4 nitrogen and oxygen atoms in total. The van der Waals surface area contributed by atoms with E-state index in [9.17, 15) is 0 Å². The van der Waals surface area contributed by atoms with Crippen LogP contribution in [0.5, 0.6) is 0 Å². The van der Waals surface area contributed by atoms with Gasteiger partial charge in [0.05, 0.1) is 17.6 Å². The van der Waals surface area contributed by atoms with Gasteiger partial charge in [-0.2, -0.15) is 0 Å². The SMILES string of the molecule is Cc1ncc(N(CCN)C2CC2)nc1C. The third-order valence-corrected chi connectivity index (χ3v) is 2.83. The summed E-state index contributed by atoms with van der Waals surface area (Å²) in [5, 5.41) is 0. The maximum atomic E-state index is 5.61. The molecular formula is C11H18N4. The maximum absolute atomic E-state index is 5.61. The normalized spacial score (nSPS) is 15.4. The van der Waals surface area contributed by atoms with Crippen molar-refractivity contribution in [2.75, 3.05) is 18.0 Å². The van der Waals surface area contributed by atoms with Crippen LogP contribution in [0.15, 0.2) is 6.20 Å². The fourth-order valence-corrected chi connectivity index (χ4v) is 1.68. The summed E-state index contributed by atoms with van der Waals surface area (Å²) in [4.78, 5) is 11.2. The van der Waals surface area contributed by atoms with Crippen LogP contribution < -0.4 is 10.6 Å². The quantitative estimate of drug-likeness (QED) is 0.799. The molecule has 0 aromatic carbocycles. The van der Waals surface area contributed by atoms with E-state index in [-0.39, 0.29) is 0 Å². The van der Waals surface area contributed by atoms with E-state index in [1.807, 2.05) is 20.0 Å². The van der Waals surface area contributed by atoms with Gasteiger partial charge in [-0.05, 0) is 26.7 Å². The van der Waals surface area contributed by atoms with Crippen LogP contribution >= 0.6 is 0 Å². The van der Waals surface area contributed by atoms with Crippen molar-refractivity contribution in [1.29, 1.82) is 0 Å². The maximum Gasteiger partial charge on any atom is 0.147 e. The molecule has 0 radical (unpaired) electrons. The lowest BCUT2D eigenvalue weighted by Gasteiger charge is -2.22. The van der Waals surface area contributed by atoms with Gasteiger partial charge in [-0.1, -0.05) is 0 Å². The number of nitrogens with two attached hydrogens (primary N) is 1. The number of hydrogen-bond donors (Lipinski definition) is 1. The molecule has 0 unspecified atom stereocenters. The van der Waals surface area contributed by atoms with E-state index >= 15 is 0 Å². The van der Waals surface area contributed by atoms with Gasteiger partial charge in [-0.25, -0.2) is 4.98 Å². The Kier molecular flexibility index (Phi) is 2.86. The van der Waals surface area contributed by atoms with Crippen LogP contribution in [0, 0.1) is 13.8 Å². The molecule has 0 spiro atoms. The summed E-state index contributed by atoms with van der Waals surface area (Å²) in [5.41, 5.74) is 7.62. The summed E-state index contributed by atoms with van der Waals surface area (Å²) >= 11 is 0. The minimum Gasteiger partial charge on any atom is -0.351 e. The number of nitrogens with zero attached hydrogens (tertiary/aromatic N) is 3. The number of aromatic nitrogens is 2. The minimum atomic E-state index is 0.643. The smallest absolute Gasteiger partial charge is 0.147 e. The second-order valence-electron chi connectivity index (χ2n) is 4.11. The highest BCUT2D eigenvalue weighted by atomic mass is 15.2. The van der Waals surface area contributed by atoms with Crippen molar-refractivity contribution in [3.8, 4) is 0 Å². The molecule has 0 saturated heterocycles. The van der Waals surface area contributed by atoms with Gasteiger partial charge >= 0.3 is 0 Å². The molecule has 1 fully saturated rings. The van der Waals surface area contributed by atoms with E-state index in [1.54, 1.807) is 0 Å². The molecule has 1 aromatic heterocycles. The molecule has 1 saturated carbocycles. The zero-order valence-corrected chi connectivity index (χ0v) is 9.40. The lowest BCUT2D eigenvalue weighted by atomic mass is 10.3. The number of aryl methyl sites for hydroxylation is 2. The van der Waals surface area contributed by atoms with E-state index in [4.69, 9.17) is 5.73 Å². The lowest BCUT2D eigenvalue weighted by molar-refractivity contribution is 0.763. The van der Waals surface area contributed by atoms with E-state index in [2.05, 4.69) is 14.9 Å². The summed E-state index contributed by atoms with van der Waals surface area (Å²) < 4.78 is 0. The number of rotatable bonds is 4. The summed E-state index contributed by atoms with van der Waals surface area (Å²) in [6, 6.07) is 0.643. The van der Waals surface area contributed by atoms with Crippen LogP contribution in [0.2, 0.25) is 0 Å². The van der Waals surface area contributed by atoms with Crippen LogP contribution in [-0.4, -0.2) is 29.1 Å². The molecule has 0 bridgehead atoms. The van der Waals surface area contributed by atoms with Crippen LogP contribution in [0.1, 0.15) is 24.2 Å². The van der Waals surface area contributed by atoms with Crippen molar-refractivity contribution < 1.29 is 0 Å². The fourth-order valence-electron chi connectivity index (χ4n) is 1.68. The first kappa shape index (κ1) is 10.4. The first-order valence-electron chi connectivity index (χ1n) is 5.49. The Hall–Kier alpha value is -1.16. The van der Waals surface area contributed by atoms with Crippen molar-refractivity contribution in [2.45, 2.75) is 32.7 Å². The van der Waals surface area contributed by atoms with Gasteiger partial charge in [0.2, 0.25) is 0 Å². The van der Waals surface area contributed by atoms with Crippen molar-refractivity contribution in [1.82, 2.24) is 9.97 Å². The van der Waals surface area contributed by atoms with Crippen molar-refractivity contribution in [3.05, 3.63) is 17.6 Å². The van der Waals surface area contributed by atoms with Gasteiger partial charge in [0, 0.05) is 19.1 Å².